The van der Waals surface area contributed by atoms with E-state index in [0.29, 0.717) is 12.1 Å². The van der Waals surface area contributed by atoms with Crippen molar-refractivity contribution in [2.24, 2.45) is 0 Å². The summed E-state index contributed by atoms with van der Waals surface area (Å²) in [5.41, 5.74) is 2.86. The second-order valence-electron chi connectivity index (χ2n) is 4.55. The molecule has 0 radical (unpaired) electrons. The third kappa shape index (κ3) is 1.91. The van der Waals surface area contributed by atoms with Gasteiger partial charge in [-0.2, -0.15) is 0 Å². The van der Waals surface area contributed by atoms with Crippen molar-refractivity contribution >= 4 is 0 Å². The van der Waals surface area contributed by atoms with Gasteiger partial charge in [-0.25, -0.2) is 8.78 Å². The number of benzene rings is 2. The first-order chi connectivity index (χ1) is 8.75. The molecule has 3 heteroatoms. The fourth-order valence-electron chi connectivity index (χ4n) is 2.56. The van der Waals surface area contributed by atoms with Crippen molar-refractivity contribution in [1.82, 2.24) is 5.32 Å². The molecule has 1 heterocycles. The van der Waals surface area contributed by atoms with Gasteiger partial charge in [0.2, 0.25) is 0 Å². The van der Waals surface area contributed by atoms with E-state index >= 15 is 0 Å². The first-order valence-electron chi connectivity index (χ1n) is 5.99. The van der Waals surface area contributed by atoms with Crippen LogP contribution in [0.1, 0.15) is 22.6 Å². The molecule has 2 aromatic carbocycles. The Morgan fingerprint density at radius 2 is 1.83 bits per heavy atom. The number of hydrogen-bond acceptors (Lipinski definition) is 1. The molecule has 1 atom stereocenters. The van der Waals surface area contributed by atoms with Gasteiger partial charge >= 0.3 is 0 Å². The van der Waals surface area contributed by atoms with E-state index in [4.69, 9.17) is 0 Å². The van der Waals surface area contributed by atoms with E-state index in [0.717, 1.165) is 18.2 Å². The van der Waals surface area contributed by atoms with Gasteiger partial charge < -0.3 is 5.32 Å². The Morgan fingerprint density at radius 1 is 1.00 bits per heavy atom. The Labute approximate surface area is 104 Å². The van der Waals surface area contributed by atoms with Crippen LogP contribution >= 0.6 is 0 Å². The Hall–Kier alpha value is -1.74. The molecule has 1 nitrogen and oxygen atoms in total. The van der Waals surface area contributed by atoms with Gasteiger partial charge in [0.1, 0.15) is 11.6 Å². The minimum absolute atomic E-state index is 0.0458. The van der Waals surface area contributed by atoms with Gasteiger partial charge in [0, 0.05) is 25.1 Å². The van der Waals surface area contributed by atoms with Crippen LogP contribution in [0.5, 0.6) is 0 Å². The maximum Gasteiger partial charge on any atom is 0.129 e. The van der Waals surface area contributed by atoms with E-state index in [1.807, 2.05) is 24.3 Å². The van der Waals surface area contributed by atoms with Gasteiger partial charge in [-0.15, -0.1) is 0 Å². The maximum atomic E-state index is 13.9. The zero-order chi connectivity index (χ0) is 12.5. The number of nitrogens with one attached hydrogen (secondary N) is 1. The quantitative estimate of drug-likeness (QED) is 0.813. The molecular weight excluding hydrogens is 232 g/mol. The lowest BCUT2D eigenvalue weighted by atomic mass is 9.85. The van der Waals surface area contributed by atoms with Gasteiger partial charge in [-0.3, -0.25) is 0 Å². The minimum Gasteiger partial charge on any atom is -0.312 e. The van der Waals surface area contributed by atoms with Crippen LogP contribution in [-0.4, -0.2) is 6.54 Å². The van der Waals surface area contributed by atoms with Crippen LogP contribution in [0.15, 0.2) is 42.5 Å². The molecule has 2 aromatic rings. The van der Waals surface area contributed by atoms with E-state index in [2.05, 4.69) is 5.32 Å². The molecule has 1 aliphatic heterocycles. The van der Waals surface area contributed by atoms with Gasteiger partial charge in [0.05, 0.1) is 0 Å². The van der Waals surface area contributed by atoms with Crippen LogP contribution < -0.4 is 5.32 Å². The highest BCUT2D eigenvalue weighted by Gasteiger charge is 2.23. The van der Waals surface area contributed by atoms with E-state index in [-0.39, 0.29) is 5.92 Å². The van der Waals surface area contributed by atoms with Crippen molar-refractivity contribution in [3.05, 3.63) is 70.8 Å². The van der Waals surface area contributed by atoms with Gasteiger partial charge in [-0.1, -0.05) is 30.3 Å². The summed E-state index contributed by atoms with van der Waals surface area (Å²) in [4.78, 5) is 0. The second kappa shape index (κ2) is 4.50. The summed E-state index contributed by atoms with van der Waals surface area (Å²) in [5.74, 6) is -1.05. The Bertz CT molecular complexity index is 580. The van der Waals surface area contributed by atoms with Crippen LogP contribution in [0.2, 0.25) is 0 Å². The molecule has 1 unspecified atom stereocenters. The average Bonchev–Trinajstić information content (AvgIpc) is 2.38. The molecule has 0 saturated carbocycles. The van der Waals surface area contributed by atoms with E-state index in [1.165, 1.54) is 11.6 Å². The van der Waals surface area contributed by atoms with Crippen LogP contribution in [0.25, 0.3) is 0 Å². The van der Waals surface area contributed by atoms with Crippen molar-refractivity contribution in [1.29, 1.82) is 0 Å². The largest absolute Gasteiger partial charge is 0.312 e. The van der Waals surface area contributed by atoms with Crippen molar-refractivity contribution in [2.75, 3.05) is 6.54 Å². The van der Waals surface area contributed by atoms with Gasteiger partial charge in [0.25, 0.3) is 0 Å². The number of rotatable bonds is 1. The third-order valence-electron chi connectivity index (χ3n) is 3.43. The summed E-state index contributed by atoms with van der Waals surface area (Å²) in [6.07, 6.45) is 0. The average molecular weight is 245 g/mol. The molecule has 18 heavy (non-hydrogen) atoms. The summed E-state index contributed by atoms with van der Waals surface area (Å²) < 4.78 is 26.8. The van der Waals surface area contributed by atoms with Crippen LogP contribution in [0.3, 0.4) is 0 Å². The predicted octanol–water partition coefficient (Wildman–Crippen LogP) is 3.20. The minimum atomic E-state index is -0.534. The summed E-state index contributed by atoms with van der Waals surface area (Å²) in [5, 5.41) is 3.27. The lowest BCUT2D eigenvalue weighted by Crippen LogP contribution is -2.29. The highest BCUT2D eigenvalue weighted by atomic mass is 19.1. The lowest BCUT2D eigenvalue weighted by Gasteiger charge is -2.27. The highest BCUT2D eigenvalue weighted by molar-refractivity contribution is 5.40. The van der Waals surface area contributed by atoms with Crippen LogP contribution in [0, 0.1) is 11.6 Å². The lowest BCUT2D eigenvalue weighted by molar-refractivity contribution is 0.537. The van der Waals surface area contributed by atoms with Crippen molar-refractivity contribution in [3.63, 3.8) is 0 Å². The first-order valence-corrected chi connectivity index (χ1v) is 5.99. The third-order valence-corrected chi connectivity index (χ3v) is 3.43. The molecule has 0 spiro atoms. The number of hydrogen-bond donors (Lipinski definition) is 1. The molecule has 0 bridgehead atoms. The summed E-state index contributed by atoms with van der Waals surface area (Å²) in [7, 11) is 0. The SMILES string of the molecule is Fc1ccc(C2CNCc3ccccc32)c(F)c1. The smallest absolute Gasteiger partial charge is 0.129 e. The van der Waals surface area contributed by atoms with Gasteiger partial charge in [0.15, 0.2) is 0 Å². The summed E-state index contributed by atoms with van der Waals surface area (Å²) in [6.45, 7) is 1.48. The van der Waals surface area contributed by atoms with E-state index in [9.17, 15) is 8.78 Å². The fourth-order valence-corrected chi connectivity index (χ4v) is 2.56. The monoisotopic (exact) mass is 245 g/mol. The predicted molar refractivity (Wildman–Crippen MR) is 66.3 cm³/mol. The maximum absolute atomic E-state index is 13.9. The molecule has 0 amide bonds. The molecule has 1 N–H and O–H groups in total. The molecule has 1 aliphatic rings. The topological polar surface area (TPSA) is 12.0 Å². The van der Waals surface area contributed by atoms with Crippen molar-refractivity contribution < 1.29 is 8.78 Å². The second-order valence-corrected chi connectivity index (χ2v) is 4.55. The van der Waals surface area contributed by atoms with Crippen molar-refractivity contribution in [2.45, 2.75) is 12.5 Å². The molecule has 0 saturated heterocycles. The summed E-state index contributed by atoms with van der Waals surface area (Å²) >= 11 is 0. The van der Waals surface area contributed by atoms with Gasteiger partial charge in [-0.05, 0) is 22.8 Å². The molecular formula is C15H13F2N. The van der Waals surface area contributed by atoms with Crippen LogP contribution in [-0.2, 0) is 6.54 Å². The Morgan fingerprint density at radius 3 is 2.67 bits per heavy atom. The van der Waals surface area contributed by atoms with E-state index < -0.39 is 11.6 Å². The Kier molecular flexibility index (Phi) is 2.84. The zero-order valence-electron chi connectivity index (χ0n) is 9.79. The zero-order valence-corrected chi connectivity index (χ0v) is 9.79. The number of halogens is 2. The highest BCUT2D eigenvalue weighted by Crippen LogP contribution is 2.31. The molecule has 3 rings (SSSR count). The Balaban J connectivity index is 2.08. The fraction of sp³-hybridized carbons (Fsp3) is 0.200. The number of fused-ring (bicyclic) bond motifs is 1. The first kappa shape index (κ1) is 11.4. The molecule has 0 fully saturated rings. The summed E-state index contributed by atoms with van der Waals surface area (Å²) in [6, 6.07) is 11.8. The van der Waals surface area contributed by atoms with Crippen LogP contribution in [0.4, 0.5) is 8.78 Å². The standard InChI is InChI=1S/C15H13F2N/c16-11-5-6-13(15(17)7-11)14-9-18-8-10-3-1-2-4-12(10)14/h1-7,14,18H,8-9H2. The molecule has 92 valence electrons. The molecule has 0 aliphatic carbocycles. The molecule has 0 aromatic heterocycles. The van der Waals surface area contributed by atoms with E-state index in [1.54, 1.807) is 6.07 Å². The van der Waals surface area contributed by atoms with Crippen molar-refractivity contribution in [3.8, 4) is 0 Å². The normalized spacial score (nSPS) is 18.4.